The van der Waals surface area contributed by atoms with Crippen LogP contribution in [0, 0.1) is 5.41 Å². The Kier molecular flexibility index (Phi) is 5.03. The molecule has 1 aromatic rings. The minimum Gasteiger partial charge on any atom is -0.330 e. The van der Waals surface area contributed by atoms with Crippen molar-refractivity contribution in [1.82, 2.24) is 10.2 Å². The second-order valence-corrected chi connectivity index (χ2v) is 5.06. The van der Waals surface area contributed by atoms with Crippen LogP contribution < -0.4 is 16.6 Å². The van der Waals surface area contributed by atoms with Gasteiger partial charge in [0.05, 0.1) is 0 Å². The van der Waals surface area contributed by atoms with Gasteiger partial charge in [0.2, 0.25) is 5.91 Å². The minimum absolute atomic E-state index is 0.0600. The molecule has 6 heteroatoms. The fraction of sp³-hybridized carbons (Fsp3) is 0.583. The molecule has 0 fully saturated rings. The van der Waals surface area contributed by atoms with Gasteiger partial charge >= 0.3 is 0 Å². The standard InChI is InChI=1S/C12H20N4O2/c1-12(2,7-8-13)6-5-10(17)14-9-3-4-11(18)16-15-9/h3-4H,5-8,13H2,1-2H3,(H,16,18)(H,14,15,17). The molecule has 1 amide bonds. The summed E-state index contributed by atoms with van der Waals surface area (Å²) < 4.78 is 0. The summed E-state index contributed by atoms with van der Waals surface area (Å²) in [6.45, 7) is 4.80. The molecule has 0 spiro atoms. The highest BCUT2D eigenvalue weighted by atomic mass is 16.1. The van der Waals surface area contributed by atoms with E-state index in [1.54, 1.807) is 0 Å². The Hall–Kier alpha value is -1.69. The van der Waals surface area contributed by atoms with E-state index in [1.807, 2.05) is 0 Å². The number of aromatic amines is 1. The zero-order valence-corrected chi connectivity index (χ0v) is 10.8. The number of aromatic nitrogens is 2. The van der Waals surface area contributed by atoms with Gasteiger partial charge < -0.3 is 11.1 Å². The smallest absolute Gasteiger partial charge is 0.264 e. The Morgan fingerprint density at radius 3 is 2.72 bits per heavy atom. The molecule has 18 heavy (non-hydrogen) atoms. The second-order valence-electron chi connectivity index (χ2n) is 5.06. The van der Waals surface area contributed by atoms with Crippen molar-refractivity contribution in [3.05, 3.63) is 22.5 Å². The van der Waals surface area contributed by atoms with Gasteiger partial charge in [-0.15, -0.1) is 0 Å². The van der Waals surface area contributed by atoms with Gasteiger partial charge in [0.25, 0.3) is 5.56 Å². The molecular weight excluding hydrogens is 232 g/mol. The number of hydrogen-bond donors (Lipinski definition) is 3. The van der Waals surface area contributed by atoms with Crippen molar-refractivity contribution in [2.45, 2.75) is 33.1 Å². The van der Waals surface area contributed by atoms with Gasteiger partial charge in [-0.05, 0) is 30.9 Å². The highest BCUT2D eigenvalue weighted by Gasteiger charge is 2.18. The quantitative estimate of drug-likeness (QED) is 0.699. The normalized spacial score (nSPS) is 11.3. The Bertz CT molecular complexity index is 433. The van der Waals surface area contributed by atoms with Gasteiger partial charge in [0.15, 0.2) is 5.82 Å². The van der Waals surface area contributed by atoms with Crippen molar-refractivity contribution in [2.75, 3.05) is 11.9 Å². The molecule has 0 aromatic carbocycles. The molecule has 1 rings (SSSR count). The molecule has 0 saturated carbocycles. The highest BCUT2D eigenvalue weighted by molar-refractivity contribution is 5.89. The van der Waals surface area contributed by atoms with Crippen LogP contribution in [0.3, 0.4) is 0 Å². The molecule has 0 saturated heterocycles. The van der Waals surface area contributed by atoms with Crippen LogP contribution in [0.1, 0.15) is 33.1 Å². The van der Waals surface area contributed by atoms with E-state index in [0.717, 1.165) is 12.8 Å². The topological polar surface area (TPSA) is 101 Å². The monoisotopic (exact) mass is 252 g/mol. The first-order chi connectivity index (χ1) is 8.43. The average molecular weight is 252 g/mol. The predicted molar refractivity (Wildman–Crippen MR) is 70.2 cm³/mol. The van der Waals surface area contributed by atoms with Gasteiger partial charge in [-0.2, -0.15) is 5.10 Å². The van der Waals surface area contributed by atoms with Crippen molar-refractivity contribution >= 4 is 11.7 Å². The molecule has 0 atom stereocenters. The number of carbonyl (C=O) groups is 1. The number of amides is 1. The van der Waals surface area contributed by atoms with E-state index in [9.17, 15) is 9.59 Å². The van der Waals surface area contributed by atoms with Crippen LogP contribution in [-0.2, 0) is 4.79 Å². The lowest BCUT2D eigenvalue weighted by Gasteiger charge is -2.23. The van der Waals surface area contributed by atoms with Crippen LogP contribution in [-0.4, -0.2) is 22.6 Å². The van der Waals surface area contributed by atoms with E-state index in [0.29, 0.717) is 18.8 Å². The van der Waals surface area contributed by atoms with Crippen molar-refractivity contribution in [1.29, 1.82) is 0 Å². The summed E-state index contributed by atoms with van der Waals surface area (Å²) in [5, 5.41) is 8.60. The Labute approximate surface area is 106 Å². The number of anilines is 1. The number of rotatable bonds is 6. The predicted octanol–water partition coefficient (Wildman–Crippen LogP) is 0.864. The Morgan fingerprint density at radius 2 is 2.17 bits per heavy atom. The van der Waals surface area contributed by atoms with E-state index in [1.165, 1.54) is 12.1 Å². The zero-order valence-electron chi connectivity index (χ0n) is 10.8. The number of nitrogens with one attached hydrogen (secondary N) is 2. The van der Waals surface area contributed by atoms with Crippen LogP contribution in [0.4, 0.5) is 5.82 Å². The summed E-state index contributed by atoms with van der Waals surface area (Å²) in [5.74, 6) is 0.246. The fourth-order valence-electron chi connectivity index (χ4n) is 1.59. The lowest BCUT2D eigenvalue weighted by atomic mass is 9.84. The molecular formula is C12H20N4O2. The summed E-state index contributed by atoms with van der Waals surface area (Å²) in [5.41, 5.74) is 5.28. The van der Waals surface area contributed by atoms with Gasteiger partial charge in [0, 0.05) is 12.5 Å². The molecule has 6 nitrogen and oxygen atoms in total. The first-order valence-corrected chi connectivity index (χ1v) is 5.99. The average Bonchev–Trinajstić information content (AvgIpc) is 2.30. The first-order valence-electron chi connectivity index (χ1n) is 5.99. The van der Waals surface area contributed by atoms with Crippen molar-refractivity contribution < 1.29 is 4.79 Å². The van der Waals surface area contributed by atoms with Gasteiger partial charge in [-0.3, -0.25) is 9.59 Å². The molecule has 0 unspecified atom stereocenters. The second kappa shape index (κ2) is 6.30. The molecule has 4 N–H and O–H groups in total. The van der Waals surface area contributed by atoms with Crippen molar-refractivity contribution in [2.24, 2.45) is 11.1 Å². The molecule has 1 aromatic heterocycles. The van der Waals surface area contributed by atoms with Gasteiger partial charge in [-0.25, -0.2) is 5.10 Å². The van der Waals surface area contributed by atoms with E-state index in [-0.39, 0.29) is 16.9 Å². The largest absolute Gasteiger partial charge is 0.330 e. The van der Waals surface area contributed by atoms with Gasteiger partial charge in [0.1, 0.15) is 0 Å². The Morgan fingerprint density at radius 1 is 1.44 bits per heavy atom. The lowest BCUT2D eigenvalue weighted by molar-refractivity contribution is -0.116. The summed E-state index contributed by atoms with van der Waals surface area (Å²) >= 11 is 0. The Balaban J connectivity index is 2.42. The molecule has 0 aliphatic carbocycles. The van der Waals surface area contributed by atoms with Crippen molar-refractivity contribution in [3.63, 3.8) is 0 Å². The number of H-pyrrole nitrogens is 1. The minimum atomic E-state index is -0.294. The van der Waals surface area contributed by atoms with Gasteiger partial charge in [-0.1, -0.05) is 13.8 Å². The summed E-state index contributed by atoms with van der Waals surface area (Å²) in [6, 6.07) is 2.79. The first kappa shape index (κ1) is 14.4. The fourth-order valence-corrected chi connectivity index (χ4v) is 1.59. The lowest BCUT2D eigenvalue weighted by Crippen LogP contribution is -2.21. The maximum Gasteiger partial charge on any atom is 0.264 e. The van der Waals surface area contributed by atoms with Crippen LogP contribution in [0.15, 0.2) is 16.9 Å². The maximum absolute atomic E-state index is 11.7. The maximum atomic E-state index is 11.7. The third-order valence-electron chi connectivity index (χ3n) is 2.80. The molecule has 1 heterocycles. The van der Waals surface area contributed by atoms with E-state index < -0.39 is 0 Å². The van der Waals surface area contributed by atoms with E-state index >= 15 is 0 Å². The van der Waals surface area contributed by atoms with E-state index in [2.05, 4.69) is 29.4 Å². The van der Waals surface area contributed by atoms with Crippen LogP contribution in [0.5, 0.6) is 0 Å². The van der Waals surface area contributed by atoms with Crippen LogP contribution >= 0.6 is 0 Å². The number of hydrogen-bond acceptors (Lipinski definition) is 4. The van der Waals surface area contributed by atoms with Crippen LogP contribution in [0.25, 0.3) is 0 Å². The molecule has 0 aliphatic rings. The van der Waals surface area contributed by atoms with E-state index in [4.69, 9.17) is 5.73 Å². The summed E-state index contributed by atoms with van der Waals surface area (Å²) in [4.78, 5) is 22.5. The molecule has 0 bridgehead atoms. The summed E-state index contributed by atoms with van der Waals surface area (Å²) in [7, 11) is 0. The number of nitrogens with two attached hydrogens (primary N) is 1. The summed E-state index contributed by atoms with van der Waals surface area (Å²) in [6.07, 6.45) is 2.06. The number of carbonyl (C=O) groups excluding carboxylic acids is 1. The molecule has 100 valence electrons. The third kappa shape index (κ3) is 5.09. The van der Waals surface area contributed by atoms with Crippen LogP contribution in [0.2, 0.25) is 0 Å². The highest BCUT2D eigenvalue weighted by Crippen LogP contribution is 2.25. The SMILES string of the molecule is CC(C)(CCN)CCC(=O)Nc1ccc(=O)[nH]n1. The number of nitrogens with zero attached hydrogens (tertiary/aromatic N) is 1. The van der Waals surface area contributed by atoms with Crippen molar-refractivity contribution in [3.8, 4) is 0 Å². The molecule has 0 aliphatic heterocycles. The third-order valence-corrected chi connectivity index (χ3v) is 2.80. The zero-order chi connectivity index (χ0) is 13.6. The molecule has 0 radical (unpaired) electrons.